The van der Waals surface area contributed by atoms with Gasteiger partial charge < -0.3 is 15.6 Å². The van der Waals surface area contributed by atoms with E-state index in [1.165, 1.54) is 7.11 Å². The molecule has 0 spiro atoms. The van der Waals surface area contributed by atoms with Gasteiger partial charge in [-0.2, -0.15) is 0 Å². The number of aromatic nitrogens is 1. The fraction of sp³-hybridized carbons (Fsp3) is 0.286. The Morgan fingerprint density at radius 2 is 2.23 bits per heavy atom. The molecule has 1 rings (SSSR count). The van der Waals surface area contributed by atoms with E-state index >= 15 is 0 Å². The van der Waals surface area contributed by atoms with Crippen LogP contribution in [0, 0.1) is 0 Å². The smallest absolute Gasteiger partial charge is 0.284 e. The van der Waals surface area contributed by atoms with E-state index in [1.54, 1.807) is 0 Å². The van der Waals surface area contributed by atoms with E-state index < -0.39 is 17.9 Å². The van der Waals surface area contributed by atoms with E-state index in [0.29, 0.717) is 0 Å². The Labute approximate surface area is 73.0 Å². The highest BCUT2D eigenvalue weighted by molar-refractivity contribution is 5.53. The highest BCUT2D eigenvalue weighted by Gasteiger charge is 2.17. The van der Waals surface area contributed by atoms with Crippen LogP contribution in [-0.2, 0) is 0 Å². The molecule has 1 aromatic heterocycles. The first-order valence-electron chi connectivity index (χ1n) is 3.37. The van der Waals surface area contributed by atoms with E-state index in [2.05, 4.69) is 9.72 Å². The van der Waals surface area contributed by atoms with Crippen molar-refractivity contribution in [2.75, 3.05) is 12.8 Å². The van der Waals surface area contributed by atoms with Gasteiger partial charge in [0.2, 0.25) is 5.88 Å². The third kappa shape index (κ3) is 1.77. The summed E-state index contributed by atoms with van der Waals surface area (Å²) in [5, 5.41) is 9.00. The Balaban J connectivity index is 3.22. The molecule has 0 atom stereocenters. The summed E-state index contributed by atoms with van der Waals surface area (Å²) < 4.78 is 28.9. The molecule has 0 aliphatic carbocycles. The molecule has 6 heteroatoms. The molecule has 0 aromatic carbocycles. The van der Waals surface area contributed by atoms with E-state index in [-0.39, 0.29) is 11.6 Å². The van der Waals surface area contributed by atoms with Gasteiger partial charge in [-0.05, 0) is 0 Å². The number of hydrogen-bond donors (Lipinski definition) is 2. The number of rotatable bonds is 2. The normalized spacial score (nSPS) is 10.5. The third-order valence-electron chi connectivity index (χ3n) is 1.42. The summed E-state index contributed by atoms with van der Waals surface area (Å²) in [5.74, 6) is -0.749. The van der Waals surface area contributed by atoms with E-state index in [9.17, 15) is 8.78 Å². The van der Waals surface area contributed by atoms with Crippen molar-refractivity contribution in [3.63, 3.8) is 0 Å². The molecular formula is C7H8F2N2O2. The molecule has 1 aromatic rings. The number of pyridine rings is 1. The number of alkyl halides is 2. The lowest BCUT2D eigenvalue weighted by Crippen LogP contribution is -1.99. The van der Waals surface area contributed by atoms with Gasteiger partial charge in [-0.3, -0.25) is 0 Å². The molecule has 72 valence electrons. The first-order chi connectivity index (χ1) is 6.06. The molecule has 0 aliphatic heterocycles. The summed E-state index contributed by atoms with van der Waals surface area (Å²) in [4.78, 5) is 3.34. The molecular weight excluding hydrogens is 182 g/mol. The molecule has 0 unspecified atom stereocenters. The number of nitrogens with zero attached hydrogens (tertiary/aromatic N) is 1. The quantitative estimate of drug-likeness (QED) is 0.737. The van der Waals surface area contributed by atoms with Crippen LogP contribution in [0.3, 0.4) is 0 Å². The van der Waals surface area contributed by atoms with Crippen LogP contribution in [0.4, 0.5) is 14.5 Å². The second-order valence-electron chi connectivity index (χ2n) is 2.29. The summed E-state index contributed by atoms with van der Waals surface area (Å²) >= 11 is 0. The zero-order chi connectivity index (χ0) is 10.0. The van der Waals surface area contributed by atoms with Crippen molar-refractivity contribution in [2.45, 2.75) is 6.43 Å². The van der Waals surface area contributed by atoms with E-state index in [4.69, 9.17) is 10.8 Å². The Bertz CT molecular complexity index is 318. The number of nitrogen functional groups attached to an aromatic ring is 1. The van der Waals surface area contributed by atoms with Crippen LogP contribution in [-0.4, -0.2) is 17.2 Å². The van der Waals surface area contributed by atoms with Crippen LogP contribution in [0.15, 0.2) is 6.07 Å². The fourth-order valence-corrected chi connectivity index (χ4v) is 0.838. The Kier molecular flexibility index (Phi) is 2.50. The summed E-state index contributed by atoms with van der Waals surface area (Å²) in [6.07, 6.45) is -2.85. The maximum atomic E-state index is 12.2. The molecule has 1 heterocycles. The molecule has 0 fully saturated rings. The summed E-state index contributed by atoms with van der Waals surface area (Å²) in [6.45, 7) is 0. The molecule has 3 N–H and O–H groups in total. The number of aromatic hydroxyl groups is 1. The highest BCUT2D eigenvalue weighted by atomic mass is 19.3. The number of ether oxygens (including phenoxy) is 1. The van der Waals surface area contributed by atoms with Crippen molar-refractivity contribution in [3.8, 4) is 11.6 Å². The van der Waals surface area contributed by atoms with Crippen LogP contribution in [0.1, 0.15) is 12.1 Å². The second kappa shape index (κ2) is 3.42. The Morgan fingerprint density at radius 3 is 2.69 bits per heavy atom. The molecule has 0 aliphatic rings. The lowest BCUT2D eigenvalue weighted by Gasteiger charge is -2.07. The van der Waals surface area contributed by atoms with Crippen LogP contribution in [0.25, 0.3) is 0 Å². The predicted molar refractivity (Wildman–Crippen MR) is 41.8 cm³/mol. The number of nitrogens with two attached hydrogens (primary N) is 1. The third-order valence-corrected chi connectivity index (χ3v) is 1.42. The van der Waals surface area contributed by atoms with Crippen LogP contribution in [0.2, 0.25) is 0 Å². The van der Waals surface area contributed by atoms with Crippen LogP contribution >= 0.6 is 0 Å². The highest BCUT2D eigenvalue weighted by Crippen LogP contribution is 2.31. The Morgan fingerprint density at radius 1 is 1.62 bits per heavy atom. The number of methoxy groups -OCH3 is 1. The molecule has 0 saturated carbocycles. The van der Waals surface area contributed by atoms with Crippen molar-refractivity contribution in [1.29, 1.82) is 0 Å². The second-order valence-corrected chi connectivity index (χ2v) is 2.29. The molecule has 0 radical (unpaired) electrons. The molecule has 0 amide bonds. The van der Waals surface area contributed by atoms with Gasteiger partial charge >= 0.3 is 0 Å². The molecule has 13 heavy (non-hydrogen) atoms. The van der Waals surface area contributed by atoms with Crippen molar-refractivity contribution in [1.82, 2.24) is 4.98 Å². The van der Waals surface area contributed by atoms with Gasteiger partial charge in [0, 0.05) is 6.07 Å². The van der Waals surface area contributed by atoms with Crippen LogP contribution in [0.5, 0.6) is 11.6 Å². The van der Waals surface area contributed by atoms with Gasteiger partial charge in [0.25, 0.3) is 6.43 Å². The van der Waals surface area contributed by atoms with Gasteiger partial charge in [-0.25, -0.2) is 13.8 Å². The maximum Gasteiger partial charge on any atom is 0.284 e. The predicted octanol–water partition coefficient (Wildman–Crippen LogP) is 1.32. The summed E-state index contributed by atoms with van der Waals surface area (Å²) in [6, 6.07) is 0.979. The SMILES string of the molecule is COc1nc(C(F)F)c(O)cc1N. The molecule has 0 saturated heterocycles. The average Bonchev–Trinajstić information content (AvgIpc) is 2.03. The number of hydrogen-bond acceptors (Lipinski definition) is 4. The van der Waals surface area contributed by atoms with Gasteiger partial charge in [0.15, 0.2) is 5.69 Å². The summed E-state index contributed by atoms with van der Waals surface area (Å²) in [7, 11) is 1.25. The molecule has 0 bridgehead atoms. The van der Waals surface area contributed by atoms with Gasteiger partial charge in [0.05, 0.1) is 12.8 Å². The fourth-order valence-electron chi connectivity index (χ4n) is 0.838. The van der Waals surface area contributed by atoms with Crippen molar-refractivity contribution in [3.05, 3.63) is 11.8 Å². The zero-order valence-electron chi connectivity index (χ0n) is 6.79. The van der Waals surface area contributed by atoms with Crippen molar-refractivity contribution >= 4 is 5.69 Å². The topological polar surface area (TPSA) is 68.4 Å². The average molecular weight is 190 g/mol. The number of anilines is 1. The lowest BCUT2D eigenvalue weighted by molar-refractivity contribution is 0.141. The van der Waals surface area contributed by atoms with Crippen molar-refractivity contribution < 1.29 is 18.6 Å². The largest absolute Gasteiger partial charge is 0.506 e. The Hall–Kier alpha value is -1.59. The zero-order valence-corrected chi connectivity index (χ0v) is 6.79. The van der Waals surface area contributed by atoms with E-state index in [1.807, 2.05) is 0 Å². The maximum absolute atomic E-state index is 12.2. The minimum atomic E-state index is -2.85. The first kappa shape index (κ1) is 9.50. The summed E-state index contributed by atoms with van der Waals surface area (Å²) in [5.41, 5.74) is 4.60. The standard InChI is InChI=1S/C7H8F2N2O2/c1-13-7-3(10)2-4(12)5(11-7)6(8)9/h2,6,12H,10H2,1H3. The number of halogens is 2. The monoisotopic (exact) mass is 190 g/mol. The lowest BCUT2D eigenvalue weighted by atomic mass is 10.3. The minimum Gasteiger partial charge on any atom is -0.506 e. The van der Waals surface area contributed by atoms with E-state index in [0.717, 1.165) is 6.07 Å². The van der Waals surface area contributed by atoms with Gasteiger partial charge in [0.1, 0.15) is 5.75 Å². The van der Waals surface area contributed by atoms with Crippen LogP contribution < -0.4 is 10.5 Å². The van der Waals surface area contributed by atoms with Gasteiger partial charge in [-0.1, -0.05) is 0 Å². The molecule has 4 nitrogen and oxygen atoms in total. The first-order valence-corrected chi connectivity index (χ1v) is 3.37. The minimum absolute atomic E-state index is 0.0180. The van der Waals surface area contributed by atoms with Crippen molar-refractivity contribution in [2.24, 2.45) is 0 Å². The van der Waals surface area contributed by atoms with Gasteiger partial charge in [-0.15, -0.1) is 0 Å².